The number of amides is 1. The summed E-state index contributed by atoms with van der Waals surface area (Å²) in [7, 11) is 0. The van der Waals surface area contributed by atoms with Crippen LogP contribution in [0.15, 0.2) is 40.8 Å². The standard InChI is InChI=1S/C15H15NO2/c1-10-9-12-5-3-4-6-13(12)16(10)15(17)14-8-7-11(2)18-14/h3-8,10H,9H2,1-2H3/t10-/m0/s1. The number of para-hydroxylation sites is 1. The van der Waals surface area contributed by atoms with Gasteiger partial charge in [0, 0.05) is 11.7 Å². The van der Waals surface area contributed by atoms with Crippen LogP contribution in [0.4, 0.5) is 5.69 Å². The molecule has 3 rings (SSSR count). The van der Waals surface area contributed by atoms with Gasteiger partial charge in [-0.25, -0.2) is 0 Å². The van der Waals surface area contributed by atoms with Crippen molar-refractivity contribution in [1.82, 2.24) is 0 Å². The molecule has 3 heteroatoms. The van der Waals surface area contributed by atoms with Gasteiger partial charge in [-0.3, -0.25) is 4.79 Å². The molecule has 0 spiro atoms. The van der Waals surface area contributed by atoms with Crippen LogP contribution in [-0.4, -0.2) is 11.9 Å². The predicted molar refractivity (Wildman–Crippen MR) is 69.9 cm³/mol. The van der Waals surface area contributed by atoms with Crippen molar-refractivity contribution in [3.8, 4) is 0 Å². The molecule has 0 unspecified atom stereocenters. The molecule has 0 bridgehead atoms. The van der Waals surface area contributed by atoms with E-state index in [1.54, 1.807) is 6.07 Å². The van der Waals surface area contributed by atoms with Gasteiger partial charge in [-0.1, -0.05) is 18.2 Å². The summed E-state index contributed by atoms with van der Waals surface area (Å²) in [5.41, 5.74) is 2.23. The predicted octanol–water partition coefficient (Wildman–Crippen LogP) is 3.18. The lowest BCUT2D eigenvalue weighted by atomic mass is 10.1. The van der Waals surface area contributed by atoms with Crippen LogP contribution in [0.3, 0.4) is 0 Å². The maximum absolute atomic E-state index is 12.5. The highest BCUT2D eigenvalue weighted by Crippen LogP contribution is 2.33. The number of carbonyl (C=O) groups is 1. The zero-order valence-electron chi connectivity index (χ0n) is 10.5. The lowest BCUT2D eigenvalue weighted by Crippen LogP contribution is -2.35. The third kappa shape index (κ3) is 1.63. The molecule has 1 aromatic heterocycles. The van der Waals surface area contributed by atoms with E-state index in [1.165, 1.54) is 5.56 Å². The first-order valence-electron chi connectivity index (χ1n) is 6.14. The zero-order chi connectivity index (χ0) is 12.7. The molecule has 1 aliphatic heterocycles. The molecule has 0 radical (unpaired) electrons. The SMILES string of the molecule is Cc1ccc(C(=O)N2c3ccccc3C[C@@H]2C)o1. The quantitative estimate of drug-likeness (QED) is 0.768. The number of rotatable bonds is 1. The minimum Gasteiger partial charge on any atom is -0.456 e. The number of carbonyl (C=O) groups excluding carboxylic acids is 1. The minimum atomic E-state index is -0.0550. The third-order valence-corrected chi connectivity index (χ3v) is 3.38. The Kier molecular flexibility index (Phi) is 2.47. The molecular weight excluding hydrogens is 226 g/mol. The Morgan fingerprint density at radius 1 is 1.28 bits per heavy atom. The van der Waals surface area contributed by atoms with E-state index in [1.807, 2.05) is 36.1 Å². The van der Waals surface area contributed by atoms with Crippen LogP contribution < -0.4 is 4.90 Å². The molecule has 0 N–H and O–H groups in total. The van der Waals surface area contributed by atoms with Gasteiger partial charge in [-0.15, -0.1) is 0 Å². The van der Waals surface area contributed by atoms with Gasteiger partial charge in [0.25, 0.3) is 5.91 Å². The number of anilines is 1. The fourth-order valence-corrected chi connectivity index (χ4v) is 2.54. The Bertz CT molecular complexity index is 600. The van der Waals surface area contributed by atoms with Crippen LogP contribution in [0.25, 0.3) is 0 Å². The number of hydrogen-bond donors (Lipinski definition) is 0. The van der Waals surface area contributed by atoms with Gasteiger partial charge < -0.3 is 9.32 Å². The maximum Gasteiger partial charge on any atom is 0.294 e. The number of fused-ring (bicyclic) bond motifs is 1. The van der Waals surface area contributed by atoms with Gasteiger partial charge in [0.05, 0.1) is 0 Å². The molecule has 0 fully saturated rings. The van der Waals surface area contributed by atoms with Crippen LogP contribution in [0.5, 0.6) is 0 Å². The lowest BCUT2D eigenvalue weighted by Gasteiger charge is -2.21. The fourth-order valence-electron chi connectivity index (χ4n) is 2.54. The van der Waals surface area contributed by atoms with Crippen LogP contribution in [0.2, 0.25) is 0 Å². The zero-order valence-corrected chi connectivity index (χ0v) is 10.5. The Labute approximate surface area is 106 Å². The van der Waals surface area contributed by atoms with Crippen molar-refractivity contribution in [3.63, 3.8) is 0 Å². The molecule has 0 saturated heterocycles. The van der Waals surface area contributed by atoms with Gasteiger partial charge in [0.15, 0.2) is 5.76 Å². The van der Waals surface area contributed by atoms with E-state index in [9.17, 15) is 4.79 Å². The average molecular weight is 241 g/mol. The van der Waals surface area contributed by atoms with Crippen LogP contribution in [0.1, 0.15) is 28.8 Å². The maximum atomic E-state index is 12.5. The van der Waals surface area contributed by atoms with E-state index in [-0.39, 0.29) is 11.9 Å². The molecule has 2 heterocycles. The van der Waals surface area contributed by atoms with Crippen molar-refractivity contribution in [2.24, 2.45) is 0 Å². The fraction of sp³-hybridized carbons (Fsp3) is 0.267. The first kappa shape index (κ1) is 11.1. The Morgan fingerprint density at radius 2 is 2.06 bits per heavy atom. The number of hydrogen-bond acceptors (Lipinski definition) is 2. The molecule has 0 saturated carbocycles. The largest absolute Gasteiger partial charge is 0.456 e. The Morgan fingerprint density at radius 3 is 2.78 bits per heavy atom. The lowest BCUT2D eigenvalue weighted by molar-refractivity contribution is 0.0953. The van der Waals surface area contributed by atoms with Crippen molar-refractivity contribution < 1.29 is 9.21 Å². The molecule has 1 amide bonds. The minimum absolute atomic E-state index is 0.0550. The Balaban J connectivity index is 2.00. The third-order valence-electron chi connectivity index (χ3n) is 3.38. The van der Waals surface area contributed by atoms with E-state index < -0.39 is 0 Å². The highest BCUT2D eigenvalue weighted by atomic mass is 16.3. The average Bonchev–Trinajstić information content (AvgIpc) is 2.91. The summed E-state index contributed by atoms with van der Waals surface area (Å²) >= 11 is 0. The molecular formula is C15H15NO2. The second-order valence-corrected chi connectivity index (χ2v) is 4.77. The number of furan rings is 1. The normalized spacial score (nSPS) is 17.9. The molecule has 0 aliphatic carbocycles. The highest BCUT2D eigenvalue weighted by Gasteiger charge is 2.32. The van der Waals surface area contributed by atoms with Crippen LogP contribution >= 0.6 is 0 Å². The van der Waals surface area contributed by atoms with Crippen molar-refractivity contribution in [3.05, 3.63) is 53.5 Å². The second-order valence-electron chi connectivity index (χ2n) is 4.77. The number of benzene rings is 1. The molecule has 92 valence electrons. The van der Waals surface area contributed by atoms with Crippen LogP contribution in [-0.2, 0) is 6.42 Å². The first-order valence-corrected chi connectivity index (χ1v) is 6.14. The second kappa shape index (κ2) is 4.02. The summed E-state index contributed by atoms with van der Waals surface area (Å²) in [5.74, 6) is 1.12. The van der Waals surface area contributed by atoms with Gasteiger partial charge in [0.2, 0.25) is 0 Å². The van der Waals surface area contributed by atoms with E-state index >= 15 is 0 Å². The molecule has 18 heavy (non-hydrogen) atoms. The summed E-state index contributed by atoms with van der Waals surface area (Å²) in [6, 6.07) is 11.8. The molecule has 1 aliphatic rings. The van der Waals surface area contributed by atoms with Crippen molar-refractivity contribution in [1.29, 1.82) is 0 Å². The monoisotopic (exact) mass is 241 g/mol. The van der Waals surface area contributed by atoms with E-state index in [4.69, 9.17) is 4.42 Å². The van der Waals surface area contributed by atoms with Crippen molar-refractivity contribution in [2.45, 2.75) is 26.3 Å². The van der Waals surface area contributed by atoms with Gasteiger partial charge in [-0.2, -0.15) is 0 Å². The summed E-state index contributed by atoms with van der Waals surface area (Å²) in [6.45, 7) is 3.91. The summed E-state index contributed by atoms with van der Waals surface area (Å²) < 4.78 is 5.43. The van der Waals surface area contributed by atoms with Crippen LogP contribution in [0, 0.1) is 6.92 Å². The first-order chi connectivity index (χ1) is 8.66. The van der Waals surface area contributed by atoms with Gasteiger partial charge in [0.1, 0.15) is 5.76 Å². The summed E-state index contributed by atoms with van der Waals surface area (Å²) in [4.78, 5) is 14.3. The summed E-state index contributed by atoms with van der Waals surface area (Å²) in [5, 5.41) is 0. The molecule has 2 aromatic rings. The van der Waals surface area contributed by atoms with Crippen molar-refractivity contribution >= 4 is 11.6 Å². The van der Waals surface area contributed by atoms with E-state index in [0.717, 1.165) is 17.9 Å². The topological polar surface area (TPSA) is 33.5 Å². The smallest absolute Gasteiger partial charge is 0.294 e. The highest BCUT2D eigenvalue weighted by molar-refractivity contribution is 6.06. The van der Waals surface area contributed by atoms with Gasteiger partial charge in [-0.05, 0) is 44.0 Å². The molecule has 1 atom stereocenters. The summed E-state index contributed by atoms with van der Waals surface area (Å²) in [6.07, 6.45) is 0.904. The van der Waals surface area contributed by atoms with E-state index in [0.29, 0.717) is 5.76 Å². The van der Waals surface area contributed by atoms with Crippen molar-refractivity contribution in [2.75, 3.05) is 4.90 Å². The Hall–Kier alpha value is -2.03. The molecule has 3 nitrogen and oxygen atoms in total. The number of aryl methyl sites for hydroxylation is 1. The molecule has 1 aromatic carbocycles. The number of nitrogens with zero attached hydrogens (tertiary/aromatic N) is 1. The van der Waals surface area contributed by atoms with E-state index in [2.05, 4.69) is 13.0 Å². The van der Waals surface area contributed by atoms with Gasteiger partial charge >= 0.3 is 0 Å².